The Kier molecular flexibility index (Phi) is 6.86. The lowest BCUT2D eigenvalue weighted by molar-refractivity contribution is -0.136. The SMILES string of the molecule is CCOc1cc([C@@H]2C(C(=O)OC)=C(N)OC3=C2C(=O)CCC3)ccc1OCc1ccc(F)cc1. The number of esters is 1. The Hall–Kier alpha value is -3.81. The molecule has 178 valence electrons. The van der Waals surface area contributed by atoms with E-state index < -0.39 is 11.9 Å². The molecule has 0 unspecified atom stereocenters. The summed E-state index contributed by atoms with van der Waals surface area (Å²) in [6.07, 6.45) is 1.58. The molecule has 1 heterocycles. The lowest BCUT2D eigenvalue weighted by Crippen LogP contribution is -2.31. The van der Waals surface area contributed by atoms with E-state index in [1.165, 1.54) is 19.2 Å². The summed E-state index contributed by atoms with van der Waals surface area (Å²) in [4.78, 5) is 25.5. The number of Topliss-reactive ketones (excluding diaryl/α,β-unsaturated/α-hetero) is 1. The topological polar surface area (TPSA) is 97.1 Å². The fourth-order valence-electron chi connectivity index (χ4n) is 4.23. The van der Waals surface area contributed by atoms with Gasteiger partial charge in [0.2, 0.25) is 5.88 Å². The van der Waals surface area contributed by atoms with E-state index in [-0.39, 0.29) is 29.7 Å². The first-order chi connectivity index (χ1) is 16.4. The Morgan fingerprint density at radius 2 is 1.88 bits per heavy atom. The standard InChI is InChI=1S/C26H26FNO6/c1-3-32-21-13-16(9-12-19(21)33-14-15-7-10-17(27)11-8-15)22-23-18(29)5-4-6-20(23)34-25(28)24(22)26(30)31-2/h7-13,22H,3-6,14,28H2,1-2H3/t22-/m0/s1. The predicted octanol–water partition coefficient (Wildman–Crippen LogP) is 4.27. The van der Waals surface area contributed by atoms with Crippen molar-refractivity contribution in [2.45, 2.75) is 38.7 Å². The minimum Gasteiger partial charge on any atom is -0.490 e. The van der Waals surface area contributed by atoms with Crippen LogP contribution in [-0.4, -0.2) is 25.5 Å². The van der Waals surface area contributed by atoms with Crippen molar-refractivity contribution in [1.29, 1.82) is 0 Å². The highest BCUT2D eigenvalue weighted by atomic mass is 19.1. The van der Waals surface area contributed by atoms with Crippen molar-refractivity contribution in [2.24, 2.45) is 5.73 Å². The molecule has 1 aliphatic heterocycles. The summed E-state index contributed by atoms with van der Waals surface area (Å²) in [7, 11) is 1.25. The number of ketones is 1. The van der Waals surface area contributed by atoms with E-state index in [0.717, 1.165) is 5.56 Å². The van der Waals surface area contributed by atoms with Crippen molar-refractivity contribution in [1.82, 2.24) is 0 Å². The van der Waals surface area contributed by atoms with Gasteiger partial charge < -0.3 is 24.7 Å². The van der Waals surface area contributed by atoms with E-state index in [1.54, 1.807) is 30.3 Å². The number of rotatable bonds is 7. The number of benzene rings is 2. The molecule has 0 spiro atoms. The molecule has 1 atom stereocenters. The average Bonchev–Trinajstić information content (AvgIpc) is 2.83. The second-order valence-electron chi connectivity index (χ2n) is 7.97. The number of carbonyl (C=O) groups is 2. The van der Waals surface area contributed by atoms with Crippen molar-refractivity contribution in [3.63, 3.8) is 0 Å². The first-order valence-electron chi connectivity index (χ1n) is 11.1. The molecule has 0 bridgehead atoms. The number of carbonyl (C=O) groups excluding carboxylic acids is 2. The molecule has 2 aliphatic rings. The quantitative estimate of drug-likeness (QED) is 0.608. The summed E-state index contributed by atoms with van der Waals surface area (Å²) in [5.41, 5.74) is 8.04. The minimum atomic E-state index is -0.741. The van der Waals surface area contributed by atoms with E-state index >= 15 is 0 Å². The monoisotopic (exact) mass is 467 g/mol. The molecule has 2 N–H and O–H groups in total. The molecule has 0 saturated carbocycles. The van der Waals surface area contributed by atoms with Crippen molar-refractivity contribution in [2.75, 3.05) is 13.7 Å². The maximum atomic E-state index is 13.2. The van der Waals surface area contributed by atoms with Crippen LogP contribution in [0.15, 0.2) is 65.3 Å². The van der Waals surface area contributed by atoms with E-state index in [2.05, 4.69) is 0 Å². The molecule has 2 aromatic rings. The number of nitrogens with two attached hydrogens (primary N) is 1. The molecule has 34 heavy (non-hydrogen) atoms. The molecule has 0 radical (unpaired) electrons. The van der Waals surface area contributed by atoms with Gasteiger partial charge >= 0.3 is 5.97 Å². The van der Waals surface area contributed by atoms with Gasteiger partial charge in [0.25, 0.3) is 0 Å². The highest BCUT2D eigenvalue weighted by Crippen LogP contribution is 2.45. The van der Waals surface area contributed by atoms with Gasteiger partial charge in [0.05, 0.1) is 19.6 Å². The summed E-state index contributed by atoms with van der Waals surface area (Å²) in [6, 6.07) is 11.2. The summed E-state index contributed by atoms with van der Waals surface area (Å²) < 4.78 is 35.5. The lowest BCUT2D eigenvalue weighted by Gasteiger charge is -2.32. The molecular weight excluding hydrogens is 441 g/mol. The summed E-state index contributed by atoms with van der Waals surface area (Å²) in [5, 5.41) is 0. The molecule has 0 fully saturated rings. The van der Waals surface area contributed by atoms with Crippen LogP contribution in [0, 0.1) is 5.82 Å². The summed E-state index contributed by atoms with van der Waals surface area (Å²) >= 11 is 0. The van der Waals surface area contributed by atoms with E-state index in [0.29, 0.717) is 54.3 Å². The summed E-state index contributed by atoms with van der Waals surface area (Å²) in [5.74, 6) is -0.476. The minimum absolute atomic E-state index is 0.0695. The van der Waals surface area contributed by atoms with Gasteiger partial charge in [-0.1, -0.05) is 18.2 Å². The number of hydrogen-bond acceptors (Lipinski definition) is 7. The molecule has 0 aromatic heterocycles. The van der Waals surface area contributed by atoms with Crippen LogP contribution in [0.2, 0.25) is 0 Å². The zero-order valence-electron chi connectivity index (χ0n) is 19.1. The van der Waals surface area contributed by atoms with E-state index in [9.17, 15) is 14.0 Å². The largest absolute Gasteiger partial charge is 0.490 e. The number of ether oxygens (including phenoxy) is 4. The second kappa shape index (κ2) is 9.99. The highest BCUT2D eigenvalue weighted by Gasteiger charge is 2.41. The zero-order valence-corrected chi connectivity index (χ0v) is 19.1. The first-order valence-corrected chi connectivity index (χ1v) is 11.1. The molecule has 4 rings (SSSR count). The fourth-order valence-corrected chi connectivity index (χ4v) is 4.23. The van der Waals surface area contributed by atoms with Gasteiger partial charge in [-0.25, -0.2) is 9.18 Å². The Morgan fingerprint density at radius 3 is 2.59 bits per heavy atom. The Balaban J connectivity index is 1.72. The van der Waals surface area contributed by atoms with Gasteiger partial charge in [0.15, 0.2) is 17.3 Å². The van der Waals surface area contributed by atoms with Crippen LogP contribution in [-0.2, 0) is 25.7 Å². The van der Waals surface area contributed by atoms with Gasteiger partial charge in [-0.3, -0.25) is 4.79 Å². The Morgan fingerprint density at radius 1 is 1.12 bits per heavy atom. The van der Waals surface area contributed by atoms with Gasteiger partial charge in [-0.2, -0.15) is 0 Å². The molecule has 0 amide bonds. The second-order valence-corrected chi connectivity index (χ2v) is 7.97. The Bertz CT molecular complexity index is 1170. The number of allylic oxidation sites excluding steroid dienone is 2. The van der Waals surface area contributed by atoms with Crippen LogP contribution >= 0.6 is 0 Å². The molecule has 2 aromatic carbocycles. The number of halogens is 1. The Labute approximate surface area is 196 Å². The fraction of sp³-hybridized carbons (Fsp3) is 0.308. The van der Waals surface area contributed by atoms with Crippen molar-refractivity contribution in [3.05, 3.63) is 82.2 Å². The van der Waals surface area contributed by atoms with Crippen molar-refractivity contribution < 1.29 is 32.9 Å². The molecule has 1 aliphatic carbocycles. The van der Waals surface area contributed by atoms with Gasteiger partial charge in [0, 0.05) is 18.4 Å². The molecular formula is C26H26FNO6. The number of methoxy groups -OCH3 is 1. The van der Waals surface area contributed by atoms with Crippen LogP contribution in [0.4, 0.5) is 4.39 Å². The van der Waals surface area contributed by atoms with Crippen LogP contribution in [0.5, 0.6) is 11.5 Å². The third kappa shape index (κ3) is 4.62. The highest BCUT2D eigenvalue weighted by molar-refractivity contribution is 6.03. The van der Waals surface area contributed by atoms with Gasteiger partial charge in [0.1, 0.15) is 23.8 Å². The van der Waals surface area contributed by atoms with E-state index in [4.69, 9.17) is 24.7 Å². The van der Waals surface area contributed by atoms with Crippen molar-refractivity contribution >= 4 is 11.8 Å². The van der Waals surface area contributed by atoms with Crippen LogP contribution in [0.1, 0.15) is 43.2 Å². The van der Waals surface area contributed by atoms with Crippen LogP contribution in [0.25, 0.3) is 0 Å². The third-order valence-electron chi connectivity index (χ3n) is 5.80. The van der Waals surface area contributed by atoms with E-state index in [1.807, 2.05) is 6.92 Å². The smallest absolute Gasteiger partial charge is 0.340 e. The zero-order chi connectivity index (χ0) is 24.2. The van der Waals surface area contributed by atoms with Gasteiger partial charge in [-0.15, -0.1) is 0 Å². The predicted molar refractivity (Wildman–Crippen MR) is 121 cm³/mol. The molecule has 7 nitrogen and oxygen atoms in total. The summed E-state index contributed by atoms with van der Waals surface area (Å²) in [6.45, 7) is 2.43. The first kappa shape index (κ1) is 23.4. The third-order valence-corrected chi connectivity index (χ3v) is 5.80. The average molecular weight is 467 g/mol. The maximum Gasteiger partial charge on any atom is 0.340 e. The number of hydrogen-bond donors (Lipinski definition) is 1. The lowest BCUT2D eigenvalue weighted by atomic mass is 9.77. The maximum absolute atomic E-state index is 13.2. The molecule has 8 heteroatoms. The van der Waals surface area contributed by atoms with Crippen LogP contribution < -0.4 is 15.2 Å². The normalized spacial score (nSPS) is 17.7. The molecule has 0 saturated heterocycles. The van der Waals surface area contributed by atoms with Gasteiger partial charge in [-0.05, 0) is 48.7 Å². The van der Waals surface area contributed by atoms with Crippen molar-refractivity contribution in [3.8, 4) is 11.5 Å². The van der Waals surface area contributed by atoms with Crippen LogP contribution in [0.3, 0.4) is 0 Å².